The van der Waals surface area contributed by atoms with Gasteiger partial charge in [-0.25, -0.2) is 8.78 Å². The van der Waals surface area contributed by atoms with Crippen molar-refractivity contribution in [2.24, 2.45) is 0 Å². The normalized spacial score (nSPS) is 11.0. The van der Waals surface area contributed by atoms with E-state index in [0.29, 0.717) is 5.69 Å². The third kappa shape index (κ3) is 3.61. The number of rotatable bonds is 3. The summed E-state index contributed by atoms with van der Waals surface area (Å²) in [5.74, 6) is -2.81. The third-order valence-electron chi connectivity index (χ3n) is 3.50. The molecule has 0 fully saturated rings. The van der Waals surface area contributed by atoms with Crippen LogP contribution in [0.1, 0.15) is 16.7 Å². The van der Waals surface area contributed by atoms with Crippen molar-refractivity contribution >= 4 is 17.7 Å². The number of nitriles is 1. The standard InChI is InChI=1S/C18H14F2N2O/c1-11-5-3-8-16(12(11)2)22-18(23)14(10-21)9-13-6-4-7-15(19)17(13)20/h3-9H,1-2H3,(H,22,23). The van der Waals surface area contributed by atoms with Gasteiger partial charge in [-0.2, -0.15) is 5.26 Å². The molecule has 2 aromatic carbocycles. The molecule has 0 saturated carbocycles. The zero-order chi connectivity index (χ0) is 17.0. The lowest BCUT2D eigenvalue weighted by molar-refractivity contribution is -0.112. The van der Waals surface area contributed by atoms with E-state index in [-0.39, 0.29) is 11.1 Å². The van der Waals surface area contributed by atoms with Crippen LogP contribution in [0.25, 0.3) is 6.08 Å². The van der Waals surface area contributed by atoms with Crippen molar-refractivity contribution in [2.75, 3.05) is 5.32 Å². The van der Waals surface area contributed by atoms with Gasteiger partial charge in [0.25, 0.3) is 5.91 Å². The number of anilines is 1. The van der Waals surface area contributed by atoms with Crippen LogP contribution in [0.4, 0.5) is 14.5 Å². The van der Waals surface area contributed by atoms with Gasteiger partial charge in [-0.15, -0.1) is 0 Å². The number of aryl methyl sites for hydroxylation is 1. The molecule has 0 heterocycles. The summed E-state index contributed by atoms with van der Waals surface area (Å²) in [4.78, 5) is 12.2. The summed E-state index contributed by atoms with van der Waals surface area (Å²) < 4.78 is 26.8. The maximum atomic E-state index is 13.6. The summed E-state index contributed by atoms with van der Waals surface area (Å²) in [6, 6.07) is 10.7. The predicted octanol–water partition coefficient (Wildman–Crippen LogP) is 4.13. The van der Waals surface area contributed by atoms with E-state index in [9.17, 15) is 13.6 Å². The number of carbonyl (C=O) groups is 1. The zero-order valence-corrected chi connectivity index (χ0v) is 12.7. The first-order valence-electron chi connectivity index (χ1n) is 6.87. The van der Waals surface area contributed by atoms with Crippen molar-refractivity contribution in [3.05, 3.63) is 70.3 Å². The van der Waals surface area contributed by atoms with Gasteiger partial charge in [-0.1, -0.05) is 24.3 Å². The second-order valence-electron chi connectivity index (χ2n) is 5.01. The molecule has 0 aliphatic carbocycles. The number of carbonyl (C=O) groups excluding carboxylic acids is 1. The smallest absolute Gasteiger partial charge is 0.266 e. The van der Waals surface area contributed by atoms with Crippen LogP contribution in [0.15, 0.2) is 42.0 Å². The average molecular weight is 312 g/mol. The van der Waals surface area contributed by atoms with Gasteiger partial charge < -0.3 is 5.32 Å². The molecule has 0 unspecified atom stereocenters. The van der Waals surface area contributed by atoms with E-state index in [0.717, 1.165) is 23.3 Å². The number of benzene rings is 2. The molecule has 0 aliphatic heterocycles. The quantitative estimate of drug-likeness (QED) is 0.684. The SMILES string of the molecule is Cc1cccc(NC(=O)C(C#N)=Cc2cccc(F)c2F)c1C. The van der Waals surface area contributed by atoms with Crippen LogP contribution in [0.5, 0.6) is 0 Å². The maximum absolute atomic E-state index is 13.6. The highest BCUT2D eigenvalue weighted by Crippen LogP contribution is 2.20. The summed E-state index contributed by atoms with van der Waals surface area (Å²) in [5, 5.41) is 11.7. The molecule has 2 rings (SSSR count). The van der Waals surface area contributed by atoms with Crippen LogP contribution in [0.2, 0.25) is 0 Å². The summed E-state index contributed by atoms with van der Waals surface area (Å²) in [5.41, 5.74) is 1.96. The fourth-order valence-electron chi connectivity index (χ4n) is 2.01. The lowest BCUT2D eigenvalue weighted by Crippen LogP contribution is -2.14. The van der Waals surface area contributed by atoms with Gasteiger partial charge in [0.1, 0.15) is 11.6 Å². The average Bonchev–Trinajstić information content (AvgIpc) is 2.53. The minimum absolute atomic E-state index is 0.155. The van der Waals surface area contributed by atoms with E-state index in [1.165, 1.54) is 12.1 Å². The first kappa shape index (κ1) is 16.4. The molecule has 2 aromatic rings. The number of halogens is 2. The van der Waals surface area contributed by atoms with Gasteiger partial charge in [-0.3, -0.25) is 4.79 Å². The molecule has 0 aromatic heterocycles. The Bertz CT molecular complexity index is 835. The highest BCUT2D eigenvalue weighted by atomic mass is 19.2. The van der Waals surface area contributed by atoms with Gasteiger partial charge >= 0.3 is 0 Å². The zero-order valence-electron chi connectivity index (χ0n) is 12.7. The van der Waals surface area contributed by atoms with Crippen LogP contribution in [0.3, 0.4) is 0 Å². The highest BCUT2D eigenvalue weighted by Gasteiger charge is 2.13. The molecule has 23 heavy (non-hydrogen) atoms. The fraction of sp³-hybridized carbons (Fsp3) is 0.111. The minimum Gasteiger partial charge on any atom is -0.321 e. The van der Waals surface area contributed by atoms with E-state index in [1.807, 2.05) is 19.9 Å². The maximum Gasteiger partial charge on any atom is 0.266 e. The molecule has 1 amide bonds. The highest BCUT2D eigenvalue weighted by molar-refractivity contribution is 6.10. The third-order valence-corrected chi connectivity index (χ3v) is 3.50. The van der Waals surface area contributed by atoms with Crippen LogP contribution in [0, 0.1) is 36.8 Å². The molecule has 0 radical (unpaired) electrons. The number of hydrogen-bond acceptors (Lipinski definition) is 2. The summed E-state index contributed by atoms with van der Waals surface area (Å²) in [6.07, 6.45) is 1.03. The van der Waals surface area contributed by atoms with Crippen LogP contribution < -0.4 is 5.32 Å². The lowest BCUT2D eigenvalue weighted by Gasteiger charge is -2.09. The van der Waals surface area contributed by atoms with Gasteiger partial charge in [0.05, 0.1) is 0 Å². The Kier molecular flexibility index (Phi) is 4.87. The second kappa shape index (κ2) is 6.84. The number of hydrogen-bond donors (Lipinski definition) is 1. The van der Waals surface area contributed by atoms with Crippen molar-refractivity contribution in [3.63, 3.8) is 0 Å². The molecule has 0 saturated heterocycles. The summed E-state index contributed by atoms with van der Waals surface area (Å²) >= 11 is 0. The van der Waals surface area contributed by atoms with Crippen LogP contribution in [-0.2, 0) is 4.79 Å². The van der Waals surface area contributed by atoms with Crippen LogP contribution in [-0.4, -0.2) is 5.91 Å². The molecule has 5 heteroatoms. The first-order chi connectivity index (χ1) is 10.9. The lowest BCUT2D eigenvalue weighted by atomic mass is 10.1. The van der Waals surface area contributed by atoms with Gasteiger partial charge in [0, 0.05) is 11.3 Å². The van der Waals surface area contributed by atoms with E-state index < -0.39 is 17.5 Å². The molecule has 0 atom stereocenters. The number of amides is 1. The van der Waals surface area contributed by atoms with Gasteiger partial charge in [0.2, 0.25) is 0 Å². The van der Waals surface area contributed by atoms with E-state index >= 15 is 0 Å². The van der Waals surface area contributed by atoms with Crippen molar-refractivity contribution in [1.82, 2.24) is 0 Å². The Morgan fingerprint density at radius 2 is 1.87 bits per heavy atom. The number of nitrogens with one attached hydrogen (secondary N) is 1. The Morgan fingerprint density at radius 3 is 2.57 bits per heavy atom. The minimum atomic E-state index is -1.10. The predicted molar refractivity (Wildman–Crippen MR) is 84.5 cm³/mol. The van der Waals surface area contributed by atoms with E-state index in [4.69, 9.17) is 5.26 Å². The topological polar surface area (TPSA) is 52.9 Å². The van der Waals surface area contributed by atoms with Crippen LogP contribution >= 0.6 is 0 Å². The monoisotopic (exact) mass is 312 g/mol. The molecule has 0 bridgehead atoms. The number of nitrogens with zero attached hydrogens (tertiary/aromatic N) is 1. The largest absolute Gasteiger partial charge is 0.321 e. The second-order valence-corrected chi connectivity index (χ2v) is 5.01. The molecule has 0 aliphatic rings. The van der Waals surface area contributed by atoms with Gasteiger partial charge in [-0.05, 0) is 43.2 Å². The molecule has 1 N–H and O–H groups in total. The van der Waals surface area contributed by atoms with Crippen molar-refractivity contribution in [2.45, 2.75) is 13.8 Å². The molecular weight excluding hydrogens is 298 g/mol. The Hall–Kier alpha value is -3.00. The molecule has 116 valence electrons. The fourth-order valence-corrected chi connectivity index (χ4v) is 2.01. The Labute approximate surface area is 132 Å². The molecule has 0 spiro atoms. The summed E-state index contributed by atoms with van der Waals surface area (Å²) in [7, 11) is 0. The van der Waals surface area contributed by atoms with Crippen molar-refractivity contribution in [1.29, 1.82) is 5.26 Å². The van der Waals surface area contributed by atoms with Gasteiger partial charge in [0.15, 0.2) is 11.6 Å². The first-order valence-corrected chi connectivity index (χ1v) is 6.87. The molecular formula is C18H14F2N2O. The van der Waals surface area contributed by atoms with Crippen molar-refractivity contribution < 1.29 is 13.6 Å². The molecule has 3 nitrogen and oxygen atoms in total. The van der Waals surface area contributed by atoms with E-state index in [1.54, 1.807) is 18.2 Å². The van der Waals surface area contributed by atoms with E-state index in [2.05, 4.69) is 5.32 Å². The Morgan fingerprint density at radius 1 is 1.17 bits per heavy atom. The van der Waals surface area contributed by atoms with Crippen molar-refractivity contribution in [3.8, 4) is 6.07 Å². The Balaban J connectivity index is 2.32. The summed E-state index contributed by atoms with van der Waals surface area (Å²) in [6.45, 7) is 3.74.